The first-order valence-electron chi connectivity index (χ1n) is 12.9. The number of benzene rings is 1. The van der Waals surface area contributed by atoms with Gasteiger partial charge in [-0.1, -0.05) is 36.4 Å². The normalized spacial score (nSPS) is 26.0. The quantitative estimate of drug-likeness (QED) is 0.405. The Bertz CT molecular complexity index is 1390. The molecule has 0 amide bonds. The van der Waals surface area contributed by atoms with Crippen LogP contribution in [0.4, 0.5) is 0 Å². The van der Waals surface area contributed by atoms with Gasteiger partial charge in [0.1, 0.15) is 11.7 Å². The van der Waals surface area contributed by atoms with E-state index in [0.29, 0.717) is 18.4 Å². The van der Waals surface area contributed by atoms with Crippen molar-refractivity contribution in [3.8, 4) is 11.4 Å². The summed E-state index contributed by atoms with van der Waals surface area (Å²) in [5, 5.41) is 22.4. The number of nitrogens with zero attached hydrogens (tertiary/aromatic N) is 6. The summed E-state index contributed by atoms with van der Waals surface area (Å²) in [6.07, 6.45) is 6.97. The van der Waals surface area contributed by atoms with Gasteiger partial charge in [-0.15, -0.1) is 10.1 Å². The number of hydrogen-bond donors (Lipinski definition) is 2. The second-order valence-corrected chi connectivity index (χ2v) is 10.3. The van der Waals surface area contributed by atoms with Crippen molar-refractivity contribution >= 4 is 10.9 Å². The van der Waals surface area contributed by atoms with Crippen LogP contribution in [-0.4, -0.2) is 47.7 Å². The number of H-pyrrole nitrogens is 1. The molecule has 1 saturated heterocycles. The van der Waals surface area contributed by atoms with Crippen LogP contribution in [0.25, 0.3) is 27.2 Å². The van der Waals surface area contributed by atoms with Gasteiger partial charge in [0, 0.05) is 29.3 Å². The topological polar surface area (TPSA) is 87.2 Å². The van der Waals surface area contributed by atoms with Gasteiger partial charge in [0.05, 0.1) is 24.5 Å². The van der Waals surface area contributed by atoms with Crippen LogP contribution in [0, 0.1) is 24.3 Å². The fourth-order valence-corrected chi connectivity index (χ4v) is 6.37. The van der Waals surface area contributed by atoms with Crippen LogP contribution >= 0.6 is 0 Å². The summed E-state index contributed by atoms with van der Waals surface area (Å²) in [6.45, 7) is 11.6. The zero-order valence-corrected chi connectivity index (χ0v) is 20.5. The summed E-state index contributed by atoms with van der Waals surface area (Å²) in [7, 11) is 0. The highest BCUT2D eigenvalue weighted by Crippen LogP contribution is 2.47. The molecule has 2 N–H and O–H groups in total. The number of aryl methyl sites for hydroxylation is 2. The van der Waals surface area contributed by atoms with E-state index in [0.717, 1.165) is 54.8 Å². The summed E-state index contributed by atoms with van der Waals surface area (Å²) in [4.78, 5) is 12.0. The molecule has 3 aromatic heterocycles. The summed E-state index contributed by atoms with van der Waals surface area (Å²) < 4.78 is 1.87. The molecule has 1 aliphatic heterocycles. The first kappa shape index (κ1) is 22.7. The van der Waals surface area contributed by atoms with Gasteiger partial charge < -0.3 is 10.1 Å². The summed E-state index contributed by atoms with van der Waals surface area (Å²) >= 11 is 0. The molecular weight excluding hydrogens is 450 g/mol. The Morgan fingerprint density at radius 1 is 1.14 bits per heavy atom. The smallest absolute Gasteiger partial charge is 0.137 e. The lowest BCUT2D eigenvalue weighted by Gasteiger charge is -2.45. The van der Waals surface area contributed by atoms with Crippen LogP contribution in [-0.2, 0) is 13.0 Å². The standard InChI is InChI=1S/C28H31N7O/c1-18-22-15-26(35(29-2)16-19(22)10-11-27(18)36)28-21(20-7-3-4-8-23(20)31-28)12-14-34-17-25(32-33-34)24-9-5-6-13-30-24/h3-9,13,17-19,22,26-27,31,36H,10-12,14-16H2,1H3/t18-,19+,22-,26+,27+/m1/s1. The molecule has 36 heavy (non-hydrogen) atoms. The molecule has 0 spiro atoms. The first-order valence-corrected chi connectivity index (χ1v) is 12.9. The van der Waals surface area contributed by atoms with Crippen molar-refractivity contribution in [3.63, 3.8) is 0 Å². The zero-order chi connectivity index (χ0) is 24.6. The van der Waals surface area contributed by atoms with Crippen molar-refractivity contribution in [2.24, 2.45) is 17.8 Å². The molecule has 4 aromatic rings. The molecule has 4 heterocycles. The molecule has 1 aliphatic carbocycles. The Kier molecular flexibility index (Phi) is 5.94. The predicted molar refractivity (Wildman–Crippen MR) is 137 cm³/mol. The number of rotatable bonds is 5. The minimum absolute atomic E-state index is 0.0151. The fourth-order valence-electron chi connectivity index (χ4n) is 6.37. The van der Waals surface area contributed by atoms with Crippen molar-refractivity contribution in [1.29, 1.82) is 0 Å². The monoisotopic (exact) mass is 481 g/mol. The third-order valence-corrected chi connectivity index (χ3v) is 8.36. The van der Waals surface area contributed by atoms with Gasteiger partial charge in [0.15, 0.2) is 0 Å². The fraction of sp³-hybridized carbons (Fsp3) is 0.429. The maximum absolute atomic E-state index is 10.6. The van der Waals surface area contributed by atoms with E-state index in [1.807, 2.05) is 40.2 Å². The summed E-state index contributed by atoms with van der Waals surface area (Å²) in [5.74, 6) is 1.15. The second-order valence-electron chi connectivity index (χ2n) is 10.3. The molecule has 0 bridgehead atoms. The average Bonchev–Trinajstić information content (AvgIpc) is 3.54. The van der Waals surface area contributed by atoms with Crippen LogP contribution in [0.15, 0.2) is 54.9 Å². The number of aromatic amines is 1. The van der Waals surface area contributed by atoms with Crippen LogP contribution in [0.2, 0.25) is 0 Å². The molecule has 0 unspecified atom stereocenters. The lowest BCUT2D eigenvalue weighted by atomic mass is 9.66. The maximum atomic E-state index is 10.6. The van der Waals surface area contributed by atoms with E-state index in [4.69, 9.17) is 6.57 Å². The largest absolute Gasteiger partial charge is 0.393 e. The van der Waals surface area contributed by atoms with Crippen LogP contribution in [0.1, 0.15) is 43.5 Å². The van der Waals surface area contributed by atoms with Gasteiger partial charge >= 0.3 is 0 Å². The summed E-state index contributed by atoms with van der Waals surface area (Å²) in [6, 6.07) is 14.1. The van der Waals surface area contributed by atoms with E-state index in [9.17, 15) is 5.11 Å². The molecule has 2 aliphatic rings. The van der Waals surface area contributed by atoms with E-state index in [1.54, 1.807) is 6.20 Å². The Labute approximate surface area is 210 Å². The van der Waals surface area contributed by atoms with E-state index in [2.05, 4.69) is 50.4 Å². The van der Waals surface area contributed by atoms with Crippen LogP contribution in [0.3, 0.4) is 0 Å². The van der Waals surface area contributed by atoms with Crippen molar-refractivity contribution in [2.75, 3.05) is 6.54 Å². The third-order valence-electron chi connectivity index (χ3n) is 8.36. The minimum Gasteiger partial charge on any atom is -0.393 e. The lowest BCUT2D eigenvalue weighted by molar-refractivity contribution is -0.0357. The number of fused-ring (bicyclic) bond motifs is 2. The van der Waals surface area contributed by atoms with Crippen LogP contribution < -0.4 is 0 Å². The molecule has 1 saturated carbocycles. The highest BCUT2D eigenvalue weighted by atomic mass is 16.3. The molecule has 5 atom stereocenters. The number of aliphatic hydroxyl groups is 1. The van der Waals surface area contributed by atoms with E-state index >= 15 is 0 Å². The number of pyridine rings is 1. The molecular formula is C28H31N7O. The van der Waals surface area contributed by atoms with Gasteiger partial charge in [-0.05, 0) is 67.2 Å². The number of para-hydroxylation sites is 1. The Balaban J connectivity index is 1.31. The zero-order valence-electron chi connectivity index (χ0n) is 20.5. The first-order chi connectivity index (χ1) is 17.6. The van der Waals surface area contributed by atoms with Gasteiger partial charge in [-0.2, -0.15) is 11.5 Å². The molecule has 8 nitrogen and oxygen atoms in total. The Hall–Kier alpha value is -3.70. The Morgan fingerprint density at radius 2 is 2.00 bits per heavy atom. The Morgan fingerprint density at radius 3 is 2.83 bits per heavy atom. The predicted octanol–water partition coefficient (Wildman–Crippen LogP) is 4.67. The van der Waals surface area contributed by atoms with Gasteiger partial charge in [-0.3, -0.25) is 9.67 Å². The van der Waals surface area contributed by atoms with Crippen molar-refractivity contribution in [2.45, 2.75) is 51.3 Å². The van der Waals surface area contributed by atoms with Crippen LogP contribution in [0.5, 0.6) is 0 Å². The van der Waals surface area contributed by atoms with E-state index in [-0.39, 0.29) is 18.1 Å². The molecule has 6 rings (SSSR count). The molecule has 0 radical (unpaired) electrons. The van der Waals surface area contributed by atoms with Gasteiger partial charge in [0.2, 0.25) is 0 Å². The number of aromatic nitrogens is 5. The van der Waals surface area contributed by atoms with Crippen molar-refractivity contribution in [1.82, 2.24) is 30.0 Å². The highest BCUT2D eigenvalue weighted by molar-refractivity contribution is 5.84. The SMILES string of the molecule is [C-]#[N+]N1C[C@@H]2CC[C@H](O)[C@H](C)[C@H]2C[C@H]1c1[nH]c2ccccc2c1CCn1cc(-c2ccccn2)nn1. The average molecular weight is 482 g/mol. The summed E-state index contributed by atoms with van der Waals surface area (Å²) in [5.41, 5.74) is 5.03. The highest BCUT2D eigenvalue weighted by Gasteiger charge is 2.46. The lowest BCUT2D eigenvalue weighted by Crippen LogP contribution is -2.47. The number of piperidine rings is 1. The van der Waals surface area contributed by atoms with E-state index in [1.165, 1.54) is 10.9 Å². The van der Waals surface area contributed by atoms with Crippen molar-refractivity contribution in [3.05, 3.63) is 77.6 Å². The maximum Gasteiger partial charge on any atom is 0.137 e. The molecule has 2 fully saturated rings. The number of nitrogens with one attached hydrogen (secondary N) is 1. The second kappa shape index (κ2) is 9.40. The minimum atomic E-state index is -0.241. The van der Waals surface area contributed by atoms with Gasteiger partial charge in [-0.25, -0.2) is 0 Å². The van der Waals surface area contributed by atoms with E-state index < -0.39 is 0 Å². The van der Waals surface area contributed by atoms with Gasteiger partial charge in [0.25, 0.3) is 0 Å². The number of hydrogen-bond acceptors (Lipinski definition) is 5. The van der Waals surface area contributed by atoms with Crippen molar-refractivity contribution < 1.29 is 5.11 Å². The number of aliphatic hydroxyl groups excluding tert-OH is 1. The molecule has 1 aromatic carbocycles. The molecule has 8 heteroatoms. The third kappa shape index (κ3) is 4.03. The molecule has 184 valence electrons.